The lowest BCUT2D eigenvalue weighted by atomic mass is 9.92. The van der Waals surface area contributed by atoms with Gasteiger partial charge < -0.3 is 14.9 Å². The summed E-state index contributed by atoms with van der Waals surface area (Å²) in [5.41, 5.74) is 0. The predicted molar refractivity (Wildman–Crippen MR) is 71.9 cm³/mol. The topological polar surface area (TPSA) is 60.9 Å². The molecule has 5 heteroatoms. The van der Waals surface area contributed by atoms with Crippen LogP contribution < -0.4 is 0 Å². The number of amides is 2. The Balaban J connectivity index is 1.94. The monoisotopic (exact) mass is 268 g/mol. The molecule has 108 valence electrons. The second-order valence-corrected chi connectivity index (χ2v) is 6.07. The molecule has 2 amide bonds. The van der Waals surface area contributed by atoms with Gasteiger partial charge in [-0.2, -0.15) is 0 Å². The van der Waals surface area contributed by atoms with Gasteiger partial charge in [0.2, 0.25) is 0 Å². The Bertz CT molecular complexity index is 368. The van der Waals surface area contributed by atoms with Gasteiger partial charge in [-0.3, -0.25) is 4.79 Å². The van der Waals surface area contributed by atoms with Crippen molar-refractivity contribution >= 4 is 12.0 Å². The molecule has 0 aromatic carbocycles. The van der Waals surface area contributed by atoms with Gasteiger partial charge in [-0.1, -0.05) is 0 Å². The van der Waals surface area contributed by atoms with Gasteiger partial charge in [0.05, 0.1) is 5.92 Å². The maximum absolute atomic E-state index is 12.5. The van der Waals surface area contributed by atoms with Gasteiger partial charge in [-0.25, -0.2) is 4.79 Å². The van der Waals surface area contributed by atoms with Crippen molar-refractivity contribution < 1.29 is 14.7 Å². The molecule has 0 radical (unpaired) electrons. The number of hydrogen-bond donors (Lipinski definition) is 1. The van der Waals surface area contributed by atoms with Crippen LogP contribution in [0.4, 0.5) is 4.79 Å². The summed E-state index contributed by atoms with van der Waals surface area (Å²) in [6.45, 7) is 4.60. The molecule has 0 aromatic rings. The Morgan fingerprint density at radius 2 is 1.95 bits per heavy atom. The molecule has 3 unspecified atom stereocenters. The molecule has 1 saturated carbocycles. The summed E-state index contributed by atoms with van der Waals surface area (Å²) < 4.78 is 0. The minimum atomic E-state index is -0.737. The lowest BCUT2D eigenvalue weighted by Gasteiger charge is -2.40. The van der Waals surface area contributed by atoms with Gasteiger partial charge in [0.15, 0.2) is 0 Å². The Hall–Kier alpha value is -1.26. The van der Waals surface area contributed by atoms with Crippen molar-refractivity contribution in [2.24, 2.45) is 11.8 Å². The van der Waals surface area contributed by atoms with Gasteiger partial charge in [0.25, 0.3) is 0 Å². The molecule has 1 aliphatic heterocycles. The quantitative estimate of drug-likeness (QED) is 0.852. The first-order valence-corrected chi connectivity index (χ1v) is 7.18. The van der Waals surface area contributed by atoms with Crippen LogP contribution in [-0.4, -0.2) is 52.6 Å². The van der Waals surface area contributed by atoms with E-state index < -0.39 is 5.97 Å². The number of hydrogen-bond acceptors (Lipinski definition) is 2. The number of carboxylic acids is 1. The number of nitrogens with zero attached hydrogens (tertiary/aromatic N) is 2. The Morgan fingerprint density at radius 1 is 1.32 bits per heavy atom. The number of rotatable bonds is 3. The van der Waals surface area contributed by atoms with Gasteiger partial charge in [-0.15, -0.1) is 0 Å². The van der Waals surface area contributed by atoms with E-state index in [2.05, 4.69) is 6.92 Å². The van der Waals surface area contributed by atoms with E-state index in [9.17, 15) is 9.59 Å². The molecule has 0 aromatic heterocycles. The molecule has 2 fully saturated rings. The molecule has 19 heavy (non-hydrogen) atoms. The van der Waals surface area contributed by atoms with E-state index in [-0.39, 0.29) is 24.0 Å². The van der Waals surface area contributed by atoms with Crippen molar-refractivity contribution in [3.8, 4) is 0 Å². The molecule has 0 bridgehead atoms. The zero-order valence-corrected chi connectivity index (χ0v) is 12.0. The number of urea groups is 1. The van der Waals surface area contributed by atoms with Crippen molar-refractivity contribution in [1.82, 2.24) is 9.80 Å². The second kappa shape index (κ2) is 5.39. The number of likely N-dealkylation sites (tertiary alicyclic amines) is 1. The molecule has 1 heterocycles. The Kier molecular flexibility index (Phi) is 4.02. The minimum Gasteiger partial charge on any atom is -0.481 e. The zero-order chi connectivity index (χ0) is 14.2. The van der Waals surface area contributed by atoms with Gasteiger partial charge in [0, 0.05) is 25.7 Å². The van der Waals surface area contributed by atoms with Crippen molar-refractivity contribution in [3.63, 3.8) is 0 Å². The maximum Gasteiger partial charge on any atom is 0.320 e. The van der Waals surface area contributed by atoms with E-state index >= 15 is 0 Å². The number of piperidine rings is 1. The molecule has 5 nitrogen and oxygen atoms in total. The fourth-order valence-corrected chi connectivity index (χ4v) is 2.95. The van der Waals surface area contributed by atoms with Gasteiger partial charge in [0.1, 0.15) is 0 Å². The van der Waals surface area contributed by atoms with Crippen LogP contribution in [0.25, 0.3) is 0 Å². The lowest BCUT2D eigenvalue weighted by Crippen LogP contribution is -2.52. The predicted octanol–water partition coefficient (Wildman–Crippen LogP) is 2.02. The highest BCUT2D eigenvalue weighted by Crippen LogP contribution is 2.35. The third-order valence-electron chi connectivity index (χ3n) is 4.69. The van der Waals surface area contributed by atoms with Gasteiger partial charge >= 0.3 is 12.0 Å². The molecule has 3 atom stereocenters. The fraction of sp³-hybridized carbons (Fsp3) is 0.857. The lowest BCUT2D eigenvalue weighted by molar-refractivity contribution is -0.143. The Labute approximate surface area is 114 Å². The highest BCUT2D eigenvalue weighted by atomic mass is 16.4. The average Bonchev–Trinajstić information content (AvgIpc) is 3.20. The summed E-state index contributed by atoms with van der Waals surface area (Å²) in [6.07, 6.45) is 3.56. The maximum atomic E-state index is 12.5. The summed E-state index contributed by atoms with van der Waals surface area (Å²) >= 11 is 0. The number of carboxylic acid groups (broad SMARTS) is 1. The van der Waals surface area contributed by atoms with Crippen LogP contribution in [0.1, 0.15) is 39.5 Å². The van der Waals surface area contributed by atoms with Crippen LogP contribution in [0.5, 0.6) is 0 Å². The highest BCUT2D eigenvalue weighted by molar-refractivity contribution is 5.76. The molecular weight excluding hydrogens is 244 g/mol. The smallest absolute Gasteiger partial charge is 0.320 e. The van der Waals surface area contributed by atoms with E-state index in [4.69, 9.17) is 5.11 Å². The molecule has 0 spiro atoms. The minimum absolute atomic E-state index is 0.0104. The van der Waals surface area contributed by atoms with Crippen LogP contribution in [-0.2, 0) is 4.79 Å². The molecule has 1 saturated heterocycles. The largest absolute Gasteiger partial charge is 0.481 e. The van der Waals surface area contributed by atoms with E-state index in [1.165, 1.54) is 12.8 Å². The highest BCUT2D eigenvalue weighted by Gasteiger charge is 2.37. The second-order valence-electron chi connectivity index (χ2n) is 6.07. The SMILES string of the molecule is CC(C1CC1)N(C)C(=O)N1CCC(C(=O)O)CC1C. The van der Waals surface area contributed by atoms with Crippen molar-refractivity contribution in [2.75, 3.05) is 13.6 Å². The molecular formula is C14H24N2O3. The first-order valence-electron chi connectivity index (χ1n) is 7.18. The van der Waals surface area contributed by atoms with Crippen molar-refractivity contribution in [1.29, 1.82) is 0 Å². The van der Waals surface area contributed by atoms with Crippen LogP contribution in [0.2, 0.25) is 0 Å². The van der Waals surface area contributed by atoms with Crippen LogP contribution in [0, 0.1) is 11.8 Å². The molecule has 1 aliphatic carbocycles. The van der Waals surface area contributed by atoms with Crippen LogP contribution in [0.15, 0.2) is 0 Å². The number of carbonyl (C=O) groups is 2. The zero-order valence-electron chi connectivity index (χ0n) is 12.0. The average molecular weight is 268 g/mol. The van der Waals surface area contributed by atoms with E-state index in [1.54, 1.807) is 0 Å². The molecule has 2 rings (SSSR count). The fourth-order valence-electron chi connectivity index (χ4n) is 2.95. The van der Waals surface area contributed by atoms with E-state index in [0.29, 0.717) is 25.3 Å². The Morgan fingerprint density at radius 3 is 2.42 bits per heavy atom. The first-order chi connectivity index (χ1) is 8.91. The van der Waals surface area contributed by atoms with E-state index in [0.717, 1.165) is 0 Å². The van der Waals surface area contributed by atoms with Crippen LogP contribution in [0.3, 0.4) is 0 Å². The third-order valence-corrected chi connectivity index (χ3v) is 4.69. The normalized spacial score (nSPS) is 28.9. The third kappa shape index (κ3) is 3.01. The molecule has 1 N–H and O–H groups in total. The van der Waals surface area contributed by atoms with Crippen molar-refractivity contribution in [2.45, 2.75) is 51.6 Å². The van der Waals surface area contributed by atoms with Gasteiger partial charge in [-0.05, 0) is 45.4 Å². The summed E-state index contributed by atoms with van der Waals surface area (Å²) in [4.78, 5) is 27.1. The standard InChI is InChI=1S/C14H24N2O3/c1-9-8-12(13(17)18)6-7-16(9)14(19)15(3)10(2)11-4-5-11/h9-12H,4-8H2,1-3H3,(H,17,18). The summed E-state index contributed by atoms with van der Waals surface area (Å²) in [6, 6.07) is 0.351. The number of carbonyl (C=O) groups excluding carboxylic acids is 1. The summed E-state index contributed by atoms with van der Waals surface area (Å²) in [5.74, 6) is -0.385. The summed E-state index contributed by atoms with van der Waals surface area (Å²) in [7, 11) is 1.86. The number of aliphatic carboxylic acids is 1. The molecule has 2 aliphatic rings. The van der Waals surface area contributed by atoms with E-state index in [1.807, 2.05) is 23.8 Å². The summed E-state index contributed by atoms with van der Waals surface area (Å²) in [5, 5.41) is 9.05. The van der Waals surface area contributed by atoms with Crippen LogP contribution >= 0.6 is 0 Å². The van der Waals surface area contributed by atoms with Crippen molar-refractivity contribution in [3.05, 3.63) is 0 Å². The first kappa shape index (κ1) is 14.2.